The van der Waals surface area contributed by atoms with Crippen molar-refractivity contribution in [2.75, 3.05) is 13.2 Å². The molecular formula is C10H19NO3. The summed E-state index contributed by atoms with van der Waals surface area (Å²) in [5.74, 6) is 0.117. The van der Waals surface area contributed by atoms with Gasteiger partial charge in [0.15, 0.2) is 0 Å². The van der Waals surface area contributed by atoms with Crippen LogP contribution in [-0.4, -0.2) is 31.3 Å². The third kappa shape index (κ3) is 3.64. The number of rotatable bonds is 4. The number of nitrogens with two attached hydrogens (primary N) is 1. The topological polar surface area (TPSA) is 61.6 Å². The minimum atomic E-state index is -0.490. The fourth-order valence-electron chi connectivity index (χ4n) is 1.46. The summed E-state index contributed by atoms with van der Waals surface area (Å²) >= 11 is 0. The van der Waals surface area contributed by atoms with Crippen molar-refractivity contribution < 1.29 is 14.3 Å². The van der Waals surface area contributed by atoms with E-state index in [2.05, 4.69) is 0 Å². The zero-order valence-corrected chi connectivity index (χ0v) is 8.86. The second-order valence-electron chi connectivity index (χ2n) is 4.16. The SMILES string of the molecule is CC(C)C[C@H](N)C(=O)OC1CCOC1. The maximum absolute atomic E-state index is 11.4. The summed E-state index contributed by atoms with van der Waals surface area (Å²) in [4.78, 5) is 11.4. The van der Waals surface area contributed by atoms with Gasteiger partial charge in [0, 0.05) is 6.42 Å². The molecule has 1 aliphatic heterocycles. The molecule has 2 atom stereocenters. The Bertz CT molecular complexity index is 188. The monoisotopic (exact) mass is 201 g/mol. The third-order valence-corrected chi connectivity index (χ3v) is 2.20. The van der Waals surface area contributed by atoms with Gasteiger partial charge in [0.1, 0.15) is 12.1 Å². The van der Waals surface area contributed by atoms with Gasteiger partial charge in [0.05, 0.1) is 13.2 Å². The van der Waals surface area contributed by atoms with Crippen molar-refractivity contribution in [1.29, 1.82) is 0 Å². The van der Waals surface area contributed by atoms with E-state index in [0.717, 1.165) is 6.42 Å². The second kappa shape index (κ2) is 5.32. The van der Waals surface area contributed by atoms with E-state index in [1.165, 1.54) is 0 Å². The summed E-state index contributed by atoms with van der Waals surface area (Å²) in [6.45, 7) is 5.26. The van der Waals surface area contributed by atoms with Gasteiger partial charge in [0.2, 0.25) is 0 Å². The number of carbonyl (C=O) groups excluding carboxylic acids is 1. The Morgan fingerprint density at radius 3 is 2.86 bits per heavy atom. The van der Waals surface area contributed by atoms with Gasteiger partial charge in [0.25, 0.3) is 0 Å². The van der Waals surface area contributed by atoms with Gasteiger partial charge in [-0.05, 0) is 12.3 Å². The number of esters is 1. The van der Waals surface area contributed by atoms with Gasteiger partial charge < -0.3 is 15.2 Å². The minimum absolute atomic E-state index is 0.0827. The van der Waals surface area contributed by atoms with Crippen molar-refractivity contribution in [2.24, 2.45) is 11.7 Å². The molecule has 1 unspecified atom stereocenters. The van der Waals surface area contributed by atoms with Crippen LogP contribution in [0.2, 0.25) is 0 Å². The highest BCUT2D eigenvalue weighted by atomic mass is 16.6. The molecule has 0 aromatic carbocycles. The molecule has 1 saturated heterocycles. The van der Waals surface area contributed by atoms with E-state index in [4.69, 9.17) is 15.2 Å². The lowest BCUT2D eigenvalue weighted by molar-refractivity contribution is -0.151. The van der Waals surface area contributed by atoms with Crippen LogP contribution in [0.5, 0.6) is 0 Å². The summed E-state index contributed by atoms with van der Waals surface area (Å²) in [7, 11) is 0. The Hall–Kier alpha value is -0.610. The molecule has 0 spiro atoms. The van der Waals surface area contributed by atoms with Crippen LogP contribution in [0.3, 0.4) is 0 Å². The van der Waals surface area contributed by atoms with Crippen LogP contribution in [0.15, 0.2) is 0 Å². The number of ether oxygens (including phenoxy) is 2. The lowest BCUT2D eigenvalue weighted by Crippen LogP contribution is -2.36. The van der Waals surface area contributed by atoms with Gasteiger partial charge in [-0.3, -0.25) is 4.79 Å². The number of hydrogen-bond donors (Lipinski definition) is 1. The van der Waals surface area contributed by atoms with Crippen molar-refractivity contribution in [2.45, 2.75) is 38.8 Å². The largest absolute Gasteiger partial charge is 0.459 e. The van der Waals surface area contributed by atoms with E-state index in [-0.39, 0.29) is 12.1 Å². The van der Waals surface area contributed by atoms with Gasteiger partial charge in [-0.2, -0.15) is 0 Å². The van der Waals surface area contributed by atoms with Crippen molar-refractivity contribution in [1.82, 2.24) is 0 Å². The first-order valence-corrected chi connectivity index (χ1v) is 5.13. The van der Waals surface area contributed by atoms with Gasteiger partial charge >= 0.3 is 5.97 Å². The van der Waals surface area contributed by atoms with Crippen LogP contribution in [0.4, 0.5) is 0 Å². The van der Waals surface area contributed by atoms with Gasteiger partial charge in [-0.1, -0.05) is 13.8 Å². The van der Waals surface area contributed by atoms with E-state index >= 15 is 0 Å². The molecule has 0 aliphatic carbocycles. The maximum atomic E-state index is 11.4. The van der Waals surface area contributed by atoms with Crippen LogP contribution in [0, 0.1) is 5.92 Å². The first-order valence-electron chi connectivity index (χ1n) is 5.13. The molecule has 0 saturated carbocycles. The number of hydrogen-bond acceptors (Lipinski definition) is 4. The van der Waals surface area contributed by atoms with Crippen molar-refractivity contribution >= 4 is 5.97 Å². The summed E-state index contributed by atoms with van der Waals surface area (Å²) in [5, 5.41) is 0. The molecule has 4 heteroatoms. The fraction of sp³-hybridized carbons (Fsp3) is 0.900. The van der Waals surface area contributed by atoms with Crippen molar-refractivity contribution in [3.05, 3.63) is 0 Å². The molecule has 0 amide bonds. The molecule has 0 radical (unpaired) electrons. The van der Waals surface area contributed by atoms with E-state index in [0.29, 0.717) is 25.6 Å². The predicted molar refractivity (Wildman–Crippen MR) is 52.7 cm³/mol. The Morgan fingerprint density at radius 2 is 2.36 bits per heavy atom. The predicted octanol–water partition coefficient (Wildman–Crippen LogP) is 0.692. The summed E-state index contributed by atoms with van der Waals surface area (Å²) in [6, 6.07) is -0.490. The highest BCUT2D eigenvalue weighted by Gasteiger charge is 2.23. The Morgan fingerprint density at radius 1 is 1.64 bits per heavy atom. The molecule has 1 fully saturated rings. The number of carbonyl (C=O) groups is 1. The molecule has 1 heterocycles. The second-order valence-corrected chi connectivity index (χ2v) is 4.16. The molecule has 1 rings (SSSR count). The quantitative estimate of drug-likeness (QED) is 0.680. The summed E-state index contributed by atoms with van der Waals surface area (Å²) < 4.78 is 10.3. The van der Waals surface area contributed by atoms with Crippen LogP contribution < -0.4 is 5.73 Å². The molecule has 4 nitrogen and oxygen atoms in total. The Labute approximate surface area is 84.7 Å². The average Bonchev–Trinajstić information content (AvgIpc) is 2.55. The summed E-state index contributed by atoms with van der Waals surface area (Å²) in [5.41, 5.74) is 5.68. The normalized spacial score (nSPS) is 23.9. The zero-order valence-electron chi connectivity index (χ0n) is 8.86. The molecule has 0 aromatic heterocycles. The van der Waals surface area contributed by atoms with Crippen molar-refractivity contribution in [3.8, 4) is 0 Å². The lowest BCUT2D eigenvalue weighted by atomic mass is 10.0. The molecule has 82 valence electrons. The Balaban J connectivity index is 2.25. The third-order valence-electron chi connectivity index (χ3n) is 2.20. The molecule has 1 aliphatic rings. The lowest BCUT2D eigenvalue weighted by Gasteiger charge is -2.16. The van der Waals surface area contributed by atoms with Crippen molar-refractivity contribution in [3.63, 3.8) is 0 Å². The van der Waals surface area contributed by atoms with Crippen LogP contribution in [0.1, 0.15) is 26.7 Å². The van der Waals surface area contributed by atoms with E-state index < -0.39 is 6.04 Å². The van der Waals surface area contributed by atoms with Crippen LogP contribution in [0.25, 0.3) is 0 Å². The molecule has 14 heavy (non-hydrogen) atoms. The fourth-order valence-corrected chi connectivity index (χ4v) is 1.46. The highest BCUT2D eigenvalue weighted by molar-refractivity contribution is 5.75. The van der Waals surface area contributed by atoms with Crippen LogP contribution in [-0.2, 0) is 14.3 Å². The highest BCUT2D eigenvalue weighted by Crippen LogP contribution is 2.11. The first kappa shape index (κ1) is 11.5. The van der Waals surface area contributed by atoms with Gasteiger partial charge in [-0.25, -0.2) is 0 Å². The summed E-state index contributed by atoms with van der Waals surface area (Å²) in [6.07, 6.45) is 1.38. The van der Waals surface area contributed by atoms with Crippen LogP contribution >= 0.6 is 0 Å². The maximum Gasteiger partial charge on any atom is 0.323 e. The van der Waals surface area contributed by atoms with Gasteiger partial charge in [-0.15, -0.1) is 0 Å². The average molecular weight is 201 g/mol. The van der Waals surface area contributed by atoms with E-state index in [1.54, 1.807) is 0 Å². The molecule has 2 N–H and O–H groups in total. The molecule has 0 bridgehead atoms. The first-order chi connectivity index (χ1) is 6.59. The molecule has 0 aromatic rings. The molecular weight excluding hydrogens is 182 g/mol. The van der Waals surface area contributed by atoms with E-state index in [9.17, 15) is 4.79 Å². The standard InChI is InChI=1S/C10H19NO3/c1-7(2)5-9(11)10(12)14-8-3-4-13-6-8/h7-9H,3-6,11H2,1-2H3/t8?,9-/m0/s1. The van der Waals surface area contributed by atoms with E-state index in [1.807, 2.05) is 13.8 Å². The zero-order chi connectivity index (χ0) is 10.6. The Kier molecular flexibility index (Phi) is 4.35. The smallest absolute Gasteiger partial charge is 0.323 e. The minimum Gasteiger partial charge on any atom is -0.459 e.